The molecule has 1 amide bonds. The maximum atomic E-state index is 11.4. The smallest absolute Gasteiger partial charge is 0.330 e. The third kappa shape index (κ3) is 13.3. The first kappa shape index (κ1) is 18.0. The minimum atomic E-state index is -0.424. The number of hydrogen-bond acceptors (Lipinski definition) is 4. The van der Waals surface area contributed by atoms with E-state index in [1.165, 1.54) is 12.8 Å². The molecule has 4 nitrogen and oxygen atoms in total. The zero-order valence-corrected chi connectivity index (χ0v) is 12.4. The van der Waals surface area contributed by atoms with Crippen LogP contribution in [0.3, 0.4) is 0 Å². The Hall–Kier alpha value is -0.970. The summed E-state index contributed by atoms with van der Waals surface area (Å²) in [6.07, 6.45) is 7.89. The molecule has 0 rings (SSSR count). The Kier molecular flexibility index (Phi) is 12.8. The van der Waals surface area contributed by atoms with Crippen molar-refractivity contribution in [2.75, 3.05) is 18.9 Å². The Balaban J connectivity index is 3.25. The molecule has 0 unspecified atom stereocenters. The predicted molar refractivity (Wildman–Crippen MR) is 80.3 cm³/mol. The second kappa shape index (κ2) is 13.5. The van der Waals surface area contributed by atoms with E-state index in [0.717, 1.165) is 31.1 Å². The lowest BCUT2D eigenvalue weighted by molar-refractivity contribution is -0.137. The summed E-state index contributed by atoms with van der Waals surface area (Å²) in [4.78, 5) is 22.2. The molecule has 0 aromatic carbocycles. The number of carbonyl (C=O) groups excluding carboxylic acids is 2. The van der Waals surface area contributed by atoms with Gasteiger partial charge >= 0.3 is 5.97 Å². The SMILES string of the molecule is C=CC(=O)OCCCNC(=O)CCCCCCCS. The van der Waals surface area contributed by atoms with Crippen LogP contribution in [0.25, 0.3) is 0 Å². The fourth-order valence-electron chi connectivity index (χ4n) is 1.55. The van der Waals surface area contributed by atoms with Crippen molar-refractivity contribution in [2.45, 2.75) is 44.9 Å². The molecule has 19 heavy (non-hydrogen) atoms. The molecule has 0 radical (unpaired) electrons. The quantitative estimate of drug-likeness (QED) is 0.251. The Bertz CT molecular complexity index is 269. The molecule has 5 heteroatoms. The van der Waals surface area contributed by atoms with Crippen LogP contribution < -0.4 is 5.32 Å². The molecule has 0 aliphatic rings. The van der Waals surface area contributed by atoms with E-state index in [4.69, 9.17) is 4.74 Å². The normalized spacial score (nSPS) is 9.95. The van der Waals surface area contributed by atoms with Crippen molar-refractivity contribution in [2.24, 2.45) is 0 Å². The van der Waals surface area contributed by atoms with E-state index in [-0.39, 0.29) is 5.91 Å². The minimum absolute atomic E-state index is 0.0734. The first-order valence-corrected chi connectivity index (χ1v) is 7.50. The first-order chi connectivity index (χ1) is 9.20. The van der Waals surface area contributed by atoms with Crippen molar-refractivity contribution in [1.29, 1.82) is 0 Å². The second-order valence-electron chi connectivity index (χ2n) is 4.32. The van der Waals surface area contributed by atoms with Gasteiger partial charge in [0, 0.05) is 19.0 Å². The van der Waals surface area contributed by atoms with Crippen LogP contribution in [-0.2, 0) is 14.3 Å². The summed E-state index contributed by atoms with van der Waals surface area (Å²) in [5, 5.41) is 2.81. The molecule has 0 aliphatic heterocycles. The molecule has 0 aromatic heterocycles. The Labute approximate surface area is 121 Å². The zero-order valence-electron chi connectivity index (χ0n) is 11.5. The molecule has 0 fully saturated rings. The van der Waals surface area contributed by atoms with Gasteiger partial charge in [0.2, 0.25) is 5.91 Å². The van der Waals surface area contributed by atoms with E-state index in [9.17, 15) is 9.59 Å². The predicted octanol–water partition coefficient (Wildman–Crippen LogP) is 2.49. The van der Waals surface area contributed by atoms with Crippen molar-refractivity contribution in [3.05, 3.63) is 12.7 Å². The van der Waals surface area contributed by atoms with Gasteiger partial charge in [-0.25, -0.2) is 4.79 Å². The molecule has 0 saturated carbocycles. The topological polar surface area (TPSA) is 55.4 Å². The molecule has 110 valence electrons. The maximum Gasteiger partial charge on any atom is 0.330 e. The highest BCUT2D eigenvalue weighted by atomic mass is 32.1. The molecule has 0 saturated heterocycles. The fraction of sp³-hybridized carbons (Fsp3) is 0.714. The molecule has 0 heterocycles. The standard InChI is InChI=1S/C14H25NO3S/c1-2-14(17)18-11-8-10-15-13(16)9-6-4-3-5-7-12-19/h2,19H,1,3-12H2,(H,15,16). The van der Waals surface area contributed by atoms with E-state index in [1.807, 2.05) is 0 Å². The summed E-state index contributed by atoms with van der Waals surface area (Å²) < 4.78 is 4.79. The van der Waals surface area contributed by atoms with Crippen molar-refractivity contribution in [3.63, 3.8) is 0 Å². The van der Waals surface area contributed by atoms with Gasteiger partial charge in [-0.05, 0) is 25.0 Å². The Morgan fingerprint density at radius 3 is 2.47 bits per heavy atom. The van der Waals surface area contributed by atoms with E-state index in [1.54, 1.807) is 0 Å². The summed E-state index contributed by atoms with van der Waals surface area (Å²) in [7, 11) is 0. The van der Waals surface area contributed by atoms with Crippen molar-refractivity contribution in [1.82, 2.24) is 5.32 Å². The lowest BCUT2D eigenvalue weighted by atomic mass is 10.1. The third-order valence-electron chi connectivity index (χ3n) is 2.62. The average molecular weight is 287 g/mol. The van der Waals surface area contributed by atoms with Crippen LogP contribution in [0.15, 0.2) is 12.7 Å². The van der Waals surface area contributed by atoms with Crippen molar-refractivity contribution in [3.8, 4) is 0 Å². The Morgan fingerprint density at radius 2 is 1.79 bits per heavy atom. The minimum Gasteiger partial charge on any atom is -0.462 e. The lowest BCUT2D eigenvalue weighted by Crippen LogP contribution is -2.25. The lowest BCUT2D eigenvalue weighted by Gasteiger charge is -2.05. The molecular formula is C14H25NO3S. The van der Waals surface area contributed by atoms with E-state index >= 15 is 0 Å². The largest absolute Gasteiger partial charge is 0.462 e. The van der Waals surface area contributed by atoms with Gasteiger partial charge in [-0.2, -0.15) is 12.6 Å². The average Bonchev–Trinajstić information content (AvgIpc) is 2.42. The number of carbonyl (C=O) groups is 2. The molecule has 1 N–H and O–H groups in total. The molecule has 0 aliphatic carbocycles. The second-order valence-corrected chi connectivity index (χ2v) is 4.76. The van der Waals surface area contributed by atoms with Crippen molar-refractivity contribution >= 4 is 24.5 Å². The summed E-state index contributed by atoms with van der Waals surface area (Å²) in [6, 6.07) is 0. The molecule has 0 spiro atoms. The molecule has 0 atom stereocenters. The molecular weight excluding hydrogens is 262 g/mol. The third-order valence-corrected chi connectivity index (χ3v) is 2.93. The number of esters is 1. The van der Waals surface area contributed by atoms with Gasteiger partial charge in [0.15, 0.2) is 0 Å². The van der Waals surface area contributed by atoms with Crippen LogP contribution in [0.5, 0.6) is 0 Å². The van der Waals surface area contributed by atoms with Crippen molar-refractivity contribution < 1.29 is 14.3 Å². The zero-order chi connectivity index (χ0) is 14.3. The number of unbranched alkanes of at least 4 members (excludes halogenated alkanes) is 4. The molecule has 0 bridgehead atoms. The van der Waals surface area contributed by atoms with E-state index in [2.05, 4.69) is 24.5 Å². The van der Waals surface area contributed by atoms with E-state index in [0.29, 0.717) is 26.0 Å². The van der Waals surface area contributed by atoms with Gasteiger partial charge in [0.1, 0.15) is 0 Å². The number of thiol groups is 1. The summed E-state index contributed by atoms with van der Waals surface area (Å²) >= 11 is 4.15. The van der Waals surface area contributed by atoms with Crippen LogP contribution in [-0.4, -0.2) is 30.8 Å². The van der Waals surface area contributed by atoms with Crippen LogP contribution >= 0.6 is 12.6 Å². The molecule has 0 aromatic rings. The van der Waals surface area contributed by atoms with Gasteiger partial charge < -0.3 is 10.1 Å². The summed E-state index contributed by atoms with van der Waals surface area (Å²) in [5.41, 5.74) is 0. The number of rotatable bonds is 12. The highest BCUT2D eigenvalue weighted by Gasteiger charge is 2.01. The van der Waals surface area contributed by atoms with Gasteiger partial charge in [-0.1, -0.05) is 25.8 Å². The number of nitrogens with one attached hydrogen (secondary N) is 1. The maximum absolute atomic E-state index is 11.4. The van der Waals surface area contributed by atoms with Gasteiger partial charge in [0.25, 0.3) is 0 Å². The monoisotopic (exact) mass is 287 g/mol. The van der Waals surface area contributed by atoms with Gasteiger partial charge in [0.05, 0.1) is 6.61 Å². The number of ether oxygens (including phenoxy) is 1. The fourth-order valence-corrected chi connectivity index (χ4v) is 1.77. The van der Waals surface area contributed by atoms with Crippen LogP contribution in [0.1, 0.15) is 44.9 Å². The van der Waals surface area contributed by atoms with Crippen LogP contribution in [0.2, 0.25) is 0 Å². The summed E-state index contributed by atoms with van der Waals surface area (Å²) in [6.45, 7) is 4.16. The number of amides is 1. The first-order valence-electron chi connectivity index (χ1n) is 6.87. The van der Waals surface area contributed by atoms with Gasteiger partial charge in [-0.3, -0.25) is 4.79 Å². The van der Waals surface area contributed by atoms with E-state index < -0.39 is 5.97 Å². The summed E-state index contributed by atoms with van der Waals surface area (Å²) in [5.74, 6) is 0.591. The Morgan fingerprint density at radius 1 is 1.11 bits per heavy atom. The highest BCUT2D eigenvalue weighted by Crippen LogP contribution is 2.05. The highest BCUT2D eigenvalue weighted by molar-refractivity contribution is 7.80. The number of hydrogen-bond donors (Lipinski definition) is 2. The van der Waals surface area contributed by atoms with Crippen LogP contribution in [0, 0.1) is 0 Å². The van der Waals surface area contributed by atoms with Gasteiger partial charge in [-0.15, -0.1) is 0 Å². The van der Waals surface area contributed by atoms with Crippen LogP contribution in [0.4, 0.5) is 0 Å².